The summed E-state index contributed by atoms with van der Waals surface area (Å²) in [5.41, 5.74) is 0. The molecule has 2 atom stereocenters. The third-order valence-corrected chi connectivity index (χ3v) is 3.90. The Bertz CT molecular complexity index is 291. The molecule has 1 saturated heterocycles. The minimum Gasteiger partial charge on any atom is -0.381 e. The topological polar surface area (TPSA) is 21.3 Å². The Balaban J connectivity index is 2.12. The molecule has 0 bridgehead atoms. The van der Waals surface area contributed by atoms with E-state index in [0.29, 0.717) is 12.0 Å². The Hall–Kier alpha value is -0.380. The Morgan fingerprint density at radius 3 is 2.93 bits per heavy atom. The van der Waals surface area contributed by atoms with Gasteiger partial charge in [-0.1, -0.05) is 0 Å². The first kappa shape index (κ1) is 10.1. The normalized spacial score (nSPS) is 24.0. The second-order valence-corrected chi connectivity index (χ2v) is 5.16. The van der Waals surface area contributed by atoms with Crippen LogP contribution in [0.3, 0.4) is 0 Å². The molecular formula is C11H17NOS. The molecule has 1 aromatic heterocycles. The van der Waals surface area contributed by atoms with Crippen LogP contribution in [0.2, 0.25) is 0 Å². The molecule has 2 unspecified atom stereocenters. The van der Waals surface area contributed by atoms with Gasteiger partial charge in [0.05, 0.1) is 6.61 Å². The Morgan fingerprint density at radius 2 is 2.43 bits per heavy atom. The van der Waals surface area contributed by atoms with E-state index in [4.69, 9.17) is 4.74 Å². The maximum Gasteiger partial charge on any atom is 0.0513 e. The third kappa shape index (κ3) is 2.00. The lowest BCUT2D eigenvalue weighted by molar-refractivity contribution is 0.178. The highest BCUT2D eigenvalue weighted by molar-refractivity contribution is 7.12. The van der Waals surface area contributed by atoms with Crippen LogP contribution in [0.4, 0.5) is 0 Å². The van der Waals surface area contributed by atoms with Crippen LogP contribution in [-0.4, -0.2) is 20.3 Å². The first-order valence-electron chi connectivity index (χ1n) is 5.12. The molecule has 0 saturated carbocycles. The number of thiophene rings is 1. The Morgan fingerprint density at radius 1 is 1.57 bits per heavy atom. The lowest BCUT2D eigenvalue weighted by Gasteiger charge is -2.20. The Kier molecular flexibility index (Phi) is 3.21. The van der Waals surface area contributed by atoms with Crippen LogP contribution in [0.5, 0.6) is 0 Å². The zero-order valence-electron chi connectivity index (χ0n) is 8.75. The molecule has 0 amide bonds. The molecule has 2 heterocycles. The highest BCUT2D eigenvalue weighted by atomic mass is 32.1. The molecule has 1 N–H and O–H groups in total. The van der Waals surface area contributed by atoms with Crippen LogP contribution in [0.1, 0.15) is 22.2 Å². The van der Waals surface area contributed by atoms with E-state index < -0.39 is 0 Å². The molecule has 2 nitrogen and oxygen atoms in total. The van der Waals surface area contributed by atoms with Crippen LogP contribution < -0.4 is 5.32 Å². The van der Waals surface area contributed by atoms with Crippen molar-refractivity contribution in [2.75, 3.05) is 20.3 Å². The van der Waals surface area contributed by atoms with E-state index in [1.807, 2.05) is 18.4 Å². The molecule has 3 heteroatoms. The van der Waals surface area contributed by atoms with Crippen molar-refractivity contribution in [3.63, 3.8) is 0 Å². The summed E-state index contributed by atoms with van der Waals surface area (Å²) >= 11 is 1.89. The fourth-order valence-corrected chi connectivity index (χ4v) is 3.13. The molecule has 0 aromatic carbocycles. The number of nitrogens with one attached hydrogen (secondary N) is 1. The third-order valence-electron chi connectivity index (χ3n) is 2.81. The minimum absolute atomic E-state index is 0.483. The van der Waals surface area contributed by atoms with Gasteiger partial charge in [-0.3, -0.25) is 0 Å². The molecule has 1 aliphatic heterocycles. The molecule has 1 aromatic rings. The van der Waals surface area contributed by atoms with Crippen molar-refractivity contribution in [1.29, 1.82) is 0 Å². The van der Waals surface area contributed by atoms with Crippen molar-refractivity contribution < 1.29 is 4.74 Å². The maximum atomic E-state index is 5.43. The van der Waals surface area contributed by atoms with Crippen LogP contribution in [0.15, 0.2) is 12.1 Å². The summed E-state index contributed by atoms with van der Waals surface area (Å²) in [5.74, 6) is 0.651. The number of hydrogen-bond donors (Lipinski definition) is 1. The van der Waals surface area contributed by atoms with Gasteiger partial charge in [-0.25, -0.2) is 0 Å². The monoisotopic (exact) mass is 211 g/mol. The summed E-state index contributed by atoms with van der Waals surface area (Å²) < 4.78 is 5.43. The van der Waals surface area contributed by atoms with E-state index in [9.17, 15) is 0 Å². The summed E-state index contributed by atoms with van der Waals surface area (Å²) in [4.78, 5) is 2.83. The predicted molar refractivity (Wildman–Crippen MR) is 59.8 cm³/mol. The first-order chi connectivity index (χ1) is 6.81. The smallest absolute Gasteiger partial charge is 0.0513 e. The average molecular weight is 211 g/mol. The van der Waals surface area contributed by atoms with Crippen LogP contribution in [-0.2, 0) is 4.74 Å². The van der Waals surface area contributed by atoms with Gasteiger partial charge in [0.25, 0.3) is 0 Å². The van der Waals surface area contributed by atoms with Crippen molar-refractivity contribution in [1.82, 2.24) is 5.32 Å². The first-order valence-corrected chi connectivity index (χ1v) is 5.94. The van der Waals surface area contributed by atoms with Crippen molar-refractivity contribution >= 4 is 11.3 Å². The largest absolute Gasteiger partial charge is 0.381 e. The molecule has 0 aliphatic carbocycles. The van der Waals surface area contributed by atoms with Gasteiger partial charge in [-0.2, -0.15) is 0 Å². The molecule has 1 aliphatic rings. The summed E-state index contributed by atoms with van der Waals surface area (Å²) in [6, 6.07) is 4.91. The van der Waals surface area contributed by atoms with Gasteiger partial charge in [0.15, 0.2) is 0 Å². The molecule has 78 valence electrons. The molecule has 0 spiro atoms. The van der Waals surface area contributed by atoms with Crippen LogP contribution in [0, 0.1) is 12.8 Å². The standard InChI is InChI=1S/C11H17NOS/c1-8-3-4-10(14-8)11(12-2)9-5-6-13-7-9/h3-4,9,11-12H,5-7H2,1-2H3. The highest BCUT2D eigenvalue weighted by Gasteiger charge is 2.26. The van der Waals surface area contributed by atoms with E-state index in [1.54, 1.807) is 0 Å². The quantitative estimate of drug-likeness (QED) is 0.828. The molecular weight excluding hydrogens is 194 g/mol. The number of rotatable bonds is 3. The van der Waals surface area contributed by atoms with Gasteiger partial charge in [0, 0.05) is 28.3 Å². The van der Waals surface area contributed by atoms with Gasteiger partial charge in [0.1, 0.15) is 0 Å². The highest BCUT2D eigenvalue weighted by Crippen LogP contribution is 2.32. The molecule has 1 fully saturated rings. The zero-order valence-corrected chi connectivity index (χ0v) is 9.56. The maximum absolute atomic E-state index is 5.43. The molecule has 0 radical (unpaired) electrons. The zero-order chi connectivity index (χ0) is 9.97. The van der Waals surface area contributed by atoms with Crippen molar-refractivity contribution in [2.24, 2.45) is 5.92 Å². The lowest BCUT2D eigenvalue weighted by atomic mass is 9.98. The Labute approximate surface area is 89.3 Å². The van der Waals surface area contributed by atoms with Crippen LogP contribution in [0.25, 0.3) is 0 Å². The van der Waals surface area contributed by atoms with Crippen molar-refractivity contribution in [2.45, 2.75) is 19.4 Å². The van der Waals surface area contributed by atoms with Gasteiger partial charge >= 0.3 is 0 Å². The SMILES string of the molecule is CNC(c1ccc(C)s1)C1CCOC1. The van der Waals surface area contributed by atoms with E-state index >= 15 is 0 Å². The van der Waals surface area contributed by atoms with Gasteiger partial charge in [-0.05, 0) is 32.5 Å². The number of ether oxygens (including phenoxy) is 1. The van der Waals surface area contributed by atoms with E-state index in [0.717, 1.165) is 13.2 Å². The van der Waals surface area contributed by atoms with Gasteiger partial charge < -0.3 is 10.1 Å². The molecule has 14 heavy (non-hydrogen) atoms. The summed E-state index contributed by atoms with van der Waals surface area (Å²) in [6.07, 6.45) is 1.18. The summed E-state index contributed by atoms with van der Waals surface area (Å²) in [5, 5.41) is 3.40. The number of hydrogen-bond acceptors (Lipinski definition) is 3. The van der Waals surface area contributed by atoms with E-state index in [-0.39, 0.29) is 0 Å². The fraction of sp³-hybridized carbons (Fsp3) is 0.636. The lowest BCUT2D eigenvalue weighted by Crippen LogP contribution is -2.24. The average Bonchev–Trinajstić information content (AvgIpc) is 2.79. The summed E-state index contributed by atoms with van der Waals surface area (Å²) in [6.45, 7) is 3.99. The van der Waals surface area contributed by atoms with E-state index in [2.05, 4.69) is 24.4 Å². The number of aryl methyl sites for hydroxylation is 1. The van der Waals surface area contributed by atoms with Crippen molar-refractivity contribution in [3.05, 3.63) is 21.9 Å². The fourth-order valence-electron chi connectivity index (χ4n) is 2.05. The van der Waals surface area contributed by atoms with E-state index in [1.165, 1.54) is 16.2 Å². The van der Waals surface area contributed by atoms with Gasteiger partial charge in [-0.15, -0.1) is 11.3 Å². The molecule has 2 rings (SSSR count). The predicted octanol–water partition coefficient (Wildman–Crippen LogP) is 2.35. The second kappa shape index (κ2) is 4.43. The van der Waals surface area contributed by atoms with Gasteiger partial charge in [0.2, 0.25) is 0 Å². The minimum atomic E-state index is 0.483. The second-order valence-electron chi connectivity index (χ2n) is 3.84. The summed E-state index contributed by atoms with van der Waals surface area (Å²) in [7, 11) is 2.04. The van der Waals surface area contributed by atoms with Crippen LogP contribution >= 0.6 is 11.3 Å². The van der Waals surface area contributed by atoms with Crippen molar-refractivity contribution in [3.8, 4) is 0 Å².